The van der Waals surface area contributed by atoms with E-state index in [1.807, 2.05) is 13.0 Å². The normalized spacial score (nSPS) is 25.0. The zero-order chi connectivity index (χ0) is 15.9. The molecule has 2 aliphatic heterocycles. The average molecular weight is 306 g/mol. The quantitative estimate of drug-likeness (QED) is 0.852. The van der Waals surface area contributed by atoms with E-state index in [1.165, 1.54) is 4.90 Å². The molecule has 3 rings (SSSR count). The number of carbonyl (C=O) groups is 2. The van der Waals surface area contributed by atoms with E-state index < -0.39 is 5.54 Å². The van der Waals surface area contributed by atoms with Gasteiger partial charge in [-0.2, -0.15) is 0 Å². The first-order valence-corrected chi connectivity index (χ1v) is 7.70. The highest BCUT2D eigenvalue weighted by Crippen LogP contribution is 2.31. The van der Waals surface area contributed by atoms with E-state index in [0.29, 0.717) is 13.1 Å². The molecule has 3 heterocycles. The van der Waals surface area contributed by atoms with Crippen LogP contribution in [0.25, 0.3) is 0 Å². The Hall–Kier alpha value is -1.89. The van der Waals surface area contributed by atoms with E-state index in [4.69, 9.17) is 4.52 Å². The van der Waals surface area contributed by atoms with Crippen molar-refractivity contribution < 1.29 is 14.1 Å². The fourth-order valence-electron chi connectivity index (χ4n) is 3.22. The molecule has 1 aromatic heterocycles. The molecule has 1 atom stereocenters. The third-order valence-electron chi connectivity index (χ3n) is 4.41. The number of carbonyl (C=O) groups excluding carboxylic acids is 2. The van der Waals surface area contributed by atoms with Crippen LogP contribution in [-0.2, 0) is 4.79 Å². The van der Waals surface area contributed by atoms with Crippen molar-refractivity contribution >= 4 is 11.9 Å². The van der Waals surface area contributed by atoms with E-state index in [-0.39, 0.29) is 18.0 Å². The molecule has 0 bridgehead atoms. The topological polar surface area (TPSA) is 78.7 Å². The minimum atomic E-state index is -0.801. The molecule has 0 spiro atoms. The van der Waals surface area contributed by atoms with Crippen LogP contribution in [0, 0.1) is 6.92 Å². The largest absolute Gasteiger partial charge is 0.361 e. The van der Waals surface area contributed by atoms with E-state index in [9.17, 15) is 9.59 Å². The van der Waals surface area contributed by atoms with Crippen LogP contribution in [0.1, 0.15) is 44.2 Å². The van der Waals surface area contributed by atoms with E-state index >= 15 is 0 Å². The predicted octanol–water partition coefficient (Wildman–Crippen LogP) is 1.45. The zero-order valence-corrected chi connectivity index (χ0v) is 13.3. The second-order valence-corrected chi connectivity index (χ2v) is 6.57. The summed E-state index contributed by atoms with van der Waals surface area (Å²) in [5.74, 6) is 0.642. The Morgan fingerprint density at radius 2 is 2.18 bits per heavy atom. The van der Waals surface area contributed by atoms with Crippen LogP contribution in [0.4, 0.5) is 4.79 Å². The minimum Gasteiger partial charge on any atom is -0.361 e. The lowest BCUT2D eigenvalue weighted by Gasteiger charge is -2.24. The maximum absolute atomic E-state index is 12.2. The fraction of sp³-hybridized carbons (Fsp3) is 0.667. The van der Waals surface area contributed by atoms with Crippen LogP contribution in [-0.4, -0.2) is 52.1 Å². The summed E-state index contributed by atoms with van der Waals surface area (Å²) in [5.41, 5.74) is 0.137. The van der Waals surface area contributed by atoms with E-state index in [0.717, 1.165) is 30.8 Å². The predicted molar refractivity (Wildman–Crippen MR) is 79.1 cm³/mol. The van der Waals surface area contributed by atoms with Gasteiger partial charge in [0, 0.05) is 19.2 Å². The summed E-state index contributed by atoms with van der Waals surface area (Å²) in [7, 11) is 0. The maximum atomic E-state index is 12.2. The molecule has 22 heavy (non-hydrogen) atoms. The van der Waals surface area contributed by atoms with Gasteiger partial charge in [-0.25, -0.2) is 4.79 Å². The number of nitrogens with one attached hydrogen (secondary N) is 1. The molecule has 2 saturated heterocycles. The summed E-state index contributed by atoms with van der Waals surface area (Å²) in [4.78, 5) is 27.7. The van der Waals surface area contributed by atoms with Gasteiger partial charge in [0.2, 0.25) is 0 Å². The van der Waals surface area contributed by atoms with Crippen LogP contribution in [0.2, 0.25) is 0 Å². The van der Waals surface area contributed by atoms with Crippen LogP contribution in [0.5, 0.6) is 0 Å². The second-order valence-electron chi connectivity index (χ2n) is 6.57. The molecule has 1 aromatic rings. The lowest BCUT2D eigenvalue weighted by molar-refractivity contribution is -0.130. The number of aromatic nitrogens is 1. The molecule has 7 nitrogen and oxygen atoms in total. The molecular weight excluding hydrogens is 284 g/mol. The molecule has 7 heteroatoms. The number of imide groups is 1. The van der Waals surface area contributed by atoms with E-state index in [2.05, 4.69) is 15.4 Å². The number of likely N-dealkylation sites (tertiary alicyclic amines) is 1. The first-order valence-electron chi connectivity index (χ1n) is 7.70. The monoisotopic (exact) mass is 306 g/mol. The molecule has 3 amide bonds. The van der Waals surface area contributed by atoms with Gasteiger partial charge in [0.15, 0.2) is 0 Å². The lowest BCUT2D eigenvalue weighted by atomic mass is 10.1. The van der Waals surface area contributed by atoms with Gasteiger partial charge in [-0.3, -0.25) is 14.6 Å². The standard InChI is InChI=1S/C15H22N4O3/c1-10-9-11(17-22-10)12-5-4-6-18(12)7-8-19-13(20)15(2,3)16-14(19)21/h9,12H,4-8H2,1-3H3,(H,16,21). The van der Waals surface area contributed by atoms with Gasteiger partial charge < -0.3 is 9.84 Å². The highest BCUT2D eigenvalue weighted by molar-refractivity contribution is 6.06. The Balaban J connectivity index is 1.64. The summed E-state index contributed by atoms with van der Waals surface area (Å²) in [6, 6.07) is 1.87. The number of aryl methyl sites for hydroxylation is 1. The minimum absolute atomic E-state index is 0.162. The second kappa shape index (κ2) is 5.39. The van der Waals surface area contributed by atoms with Crippen LogP contribution < -0.4 is 5.32 Å². The van der Waals surface area contributed by atoms with Gasteiger partial charge in [-0.1, -0.05) is 5.16 Å². The van der Waals surface area contributed by atoms with Crippen molar-refractivity contribution in [1.82, 2.24) is 20.3 Å². The summed E-state index contributed by atoms with van der Waals surface area (Å²) >= 11 is 0. The van der Waals surface area contributed by atoms with Crippen molar-refractivity contribution in [3.05, 3.63) is 17.5 Å². The molecule has 0 aromatic carbocycles. The van der Waals surface area contributed by atoms with Crippen molar-refractivity contribution in [3.8, 4) is 0 Å². The van der Waals surface area contributed by atoms with Crippen LogP contribution >= 0.6 is 0 Å². The molecule has 1 unspecified atom stereocenters. The number of amides is 3. The van der Waals surface area contributed by atoms with Crippen molar-refractivity contribution in [1.29, 1.82) is 0 Å². The van der Waals surface area contributed by atoms with Crippen molar-refractivity contribution in [3.63, 3.8) is 0 Å². The highest BCUT2D eigenvalue weighted by Gasteiger charge is 2.44. The molecule has 2 fully saturated rings. The van der Waals surface area contributed by atoms with Gasteiger partial charge in [-0.05, 0) is 40.2 Å². The van der Waals surface area contributed by atoms with Crippen molar-refractivity contribution in [2.45, 2.75) is 45.2 Å². The highest BCUT2D eigenvalue weighted by atomic mass is 16.5. The van der Waals surface area contributed by atoms with Gasteiger partial charge >= 0.3 is 6.03 Å². The number of urea groups is 1. The number of rotatable bonds is 4. The fourth-order valence-corrected chi connectivity index (χ4v) is 3.22. The molecule has 0 saturated carbocycles. The molecule has 0 aliphatic carbocycles. The SMILES string of the molecule is Cc1cc(C2CCCN2CCN2C(=O)NC(C)(C)C2=O)no1. The first kappa shape index (κ1) is 15.0. The summed E-state index contributed by atoms with van der Waals surface area (Å²) in [6.45, 7) is 7.34. The summed E-state index contributed by atoms with van der Waals surface area (Å²) < 4.78 is 5.16. The van der Waals surface area contributed by atoms with E-state index in [1.54, 1.807) is 13.8 Å². The number of hydrogen-bond donors (Lipinski definition) is 1. The number of hydrogen-bond acceptors (Lipinski definition) is 5. The molecular formula is C15H22N4O3. The van der Waals surface area contributed by atoms with Gasteiger partial charge in [0.05, 0.1) is 6.04 Å². The Labute approximate surface area is 129 Å². The summed E-state index contributed by atoms with van der Waals surface area (Å²) in [6.07, 6.45) is 2.11. The van der Waals surface area contributed by atoms with Gasteiger partial charge in [-0.15, -0.1) is 0 Å². The molecule has 0 radical (unpaired) electrons. The van der Waals surface area contributed by atoms with Crippen molar-refractivity contribution in [2.24, 2.45) is 0 Å². The summed E-state index contributed by atoms with van der Waals surface area (Å²) in [5, 5.41) is 6.81. The van der Waals surface area contributed by atoms with Crippen molar-refractivity contribution in [2.75, 3.05) is 19.6 Å². The molecule has 1 N–H and O–H groups in total. The van der Waals surface area contributed by atoms with Crippen LogP contribution in [0.15, 0.2) is 10.6 Å². The zero-order valence-electron chi connectivity index (χ0n) is 13.3. The Morgan fingerprint density at radius 1 is 1.41 bits per heavy atom. The lowest BCUT2D eigenvalue weighted by Crippen LogP contribution is -2.41. The Morgan fingerprint density at radius 3 is 2.77 bits per heavy atom. The third kappa shape index (κ3) is 2.61. The maximum Gasteiger partial charge on any atom is 0.325 e. The third-order valence-corrected chi connectivity index (χ3v) is 4.41. The number of nitrogens with zero attached hydrogens (tertiary/aromatic N) is 3. The Kier molecular flexibility index (Phi) is 3.68. The Bertz CT molecular complexity index is 595. The molecule has 120 valence electrons. The van der Waals surface area contributed by atoms with Gasteiger partial charge in [0.1, 0.15) is 17.0 Å². The smallest absolute Gasteiger partial charge is 0.325 e. The first-order chi connectivity index (χ1) is 10.4. The average Bonchev–Trinajstić information content (AvgIpc) is 3.10. The molecule has 2 aliphatic rings. The van der Waals surface area contributed by atoms with Crippen LogP contribution in [0.3, 0.4) is 0 Å². The van der Waals surface area contributed by atoms with Gasteiger partial charge in [0.25, 0.3) is 5.91 Å².